The number of carbonyl (C=O) groups excluding carboxylic acids is 1. The number of benzene rings is 1. The maximum atomic E-state index is 11.9. The van der Waals surface area contributed by atoms with Crippen molar-refractivity contribution >= 4 is 40.1 Å². The molecule has 0 fully saturated rings. The number of hydrogen-bond donors (Lipinski definition) is 2. The monoisotopic (exact) mass is 277 g/mol. The summed E-state index contributed by atoms with van der Waals surface area (Å²) in [6.07, 6.45) is 0. The van der Waals surface area contributed by atoms with Crippen LogP contribution in [0.5, 0.6) is 0 Å². The van der Waals surface area contributed by atoms with Gasteiger partial charge in [0, 0.05) is 16.6 Å². The van der Waals surface area contributed by atoms with Crippen LogP contribution in [0.15, 0.2) is 29.1 Å². The minimum absolute atomic E-state index is 0.237. The van der Waals surface area contributed by atoms with E-state index in [9.17, 15) is 4.79 Å². The zero-order valence-corrected chi connectivity index (χ0v) is 11.3. The van der Waals surface area contributed by atoms with E-state index in [4.69, 9.17) is 18.0 Å². The van der Waals surface area contributed by atoms with E-state index in [2.05, 4.69) is 10.3 Å². The lowest BCUT2D eigenvalue weighted by molar-refractivity contribution is 0.102. The Kier molecular flexibility index (Phi) is 3.69. The Bertz CT molecular complexity index is 593. The molecule has 0 unspecified atom stereocenters. The number of thiocarbonyl (C=S) groups is 1. The molecule has 0 aliphatic rings. The fraction of sp³-hybridized carbons (Fsp3) is 0.0833. The van der Waals surface area contributed by atoms with Gasteiger partial charge in [0.2, 0.25) is 0 Å². The van der Waals surface area contributed by atoms with E-state index in [1.807, 2.05) is 19.1 Å². The van der Waals surface area contributed by atoms with Crippen molar-refractivity contribution in [2.45, 2.75) is 6.92 Å². The lowest BCUT2D eigenvalue weighted by atomic mass is 10.1. The quantitative estimate of drug-likeness (QED) is 0.845. The van der Waals surface area contributed by atoms with Gasteiger partial charge in [-0.1, -0.05) is 24.4 Å². The Morgan fingerprint density at radius 2 is 2.28 bits per heavy atom. The van der Waals surface area contributed by atoms with Crippen LogP contribution in [-0.4, -0.2) is 15.9 Å². The number of aromatic nitrogens is 1. The first kappa shape index (κ1) is 12.7. The average molecular weight is 277 g/mol. The SMILES string of the molecule is Cc1ccc(C(N)=S)cc1NC(=O)c1cscn1. The van der Waals surface area contributed by atoms with Crippen LogP contribution in [0.25, 0.3) is 0 Å². The minimum atomic E-state index is -0.237. The molecule has 18 heavy (non-hydrogen) atoms. The molecule has 1 aromatic carbocycles. The van der Waals surface area contributed by atoms with Crippen LogP contribution in [0.3, 0.4) is 0 Å². The number of amides is 1. The molecular formula is C12H11N3OS2. The third kappa shape index (κ3) is 2.72. The second-order valence-electron chi connectivity index (χ2n) is 3.72. The van der Waals surface area contributed by atoms with Crippen molar-refractivity contribution in [3.05, 3.63) is 45.9 Å². The van der Waals surface area contributed by atoms with Gasteiger partial charge < -0.3 is 11.1 Å². The molecule has 2 aromatic rings. The van der Waals surface area contributed by atoms with Crippen LogP contribution >= 0.6 is 23.6 Å². The van der Waals surface area contributed by atoms with Crippen LogP contribution in [0.1, 0.15) is 21.6 Å². The molecule has 0 atom stereocenters. The number of anilines is 1. The van der Waals surface area contributed by atoms with Gasteiger partial charge in [-0.15, -0.1) is 11.3 Å². The predicted molar refractivity (Wildman–Crippen MR) is 77.1 cm³/mol. The fourth-order valence-corrected chi connectivity index (χ4v) is 2.08. The highest BCUT2D eigenvalue weighted by Crippen LogP contribution is 2.18. The van der Waals surface area contributed by atoms with Gasteiger partial charge in [0.15, 0.2) is 0 Å². The number of carbonyl (C=O) groups is 1. The summed E-state index contributed by atoms with van der Waals surface area (Å²) in [4.78, 5) is 16.1. The number of thiazole rings is 1. The number of nitrogens with two attached hydrogens (primary N) is 1. The molecule has 0 saturated carbocycles. The summed E-state index contributed by atoms with van der Waals surface area (Å²) in [6, 6.07) is 5.46. The Balaban J connectivity index is 2.26. The summed E-state index contributed by atoms with van der Waals surface area (Å²) < 4.78 is 0. The van der Waals surface area contributed by atoms with Gasteiger partial charge in [-0.3, -0.25) is 4.79 Å². The lowest BCUT2D eigenvalue weighted by Gasteiger charge is -2.09. The topological polar surface area (TPSA) is 68.0 Å². The molecule has 6 heteroatoms. The first-order valence-electron chi connectivity index (χ1n) is 5.18. The second kappa shape index (κ2) is 5.24. The van der Waals surface area contributed by atoms with E-state index >= 15 is 0 Å². The van der Waals surface area contributed by atoms with Gasteiger partial charge in [0.1, 0.15) is 10.7 Å². The van der Waals surface area contributed by atoms with Crippen molar-refractivity contribution in [1.82, 2.24) is 4.98 Å². The van der Waals surface area contributed by atoms with Gasteiger partial charge in [-0.2, -0.15) is 0 Å². The van der Waals surface area contributed by atoms with Crippen LogP contribution in [0, 0.1) is 6.92 Å². The number of nitrogens with zero attached hydrogens (tertiary/aromatic N) is 1. The zero-order valence-electron chi connectivity index (χ0n) is 9.64. The summed E-state index contributed by atoms with van der Waals surface area (Å²) in [6.45, 7) is 1.90. The number of aryl methyl sites for hydroxylation is 1. The standard InChI is InChI=1S/C12H11N3OS2/c1-7-2-3-8(11(13)17)4-9(7)15-12(16)10-5-18-6-14-10/h2-6H,1H3,(H2,13,17)(H,15,16). The van der Waals surface area contributed by atoms with E-state index in [0.717, 1.165) is 11.1 Å². The molecule has 1 aromatic heterocycles. The highest BCUT2D eigenvalue weighted by molar-refractivity contribution is 7.80. The Hall–Kier alpha value is -1.79. The van der Waals surface area contributed by atoms with Crippen molar-refractivity contribution in [1.29, 1.82) is 0 Å². The van der Waals surface area contributed by atoms with Crippen molar-refractivity contribution in [3.63, 3.8) is 0 Å². The second-order valence-corrected chi connectivity index (χ2v) is 4.88. The number of nitrogens with one attached hydrogen (secondary N) is 1. The van der Waals surface area contributed by atoms with Gasteiger partial charge in [-0.05, 0) is 18.6 Å². The van der Waals surface area contributed by atoms with E-state index in [0.29, 0.717) is 16.4 Å². The summed E-state index contributed by atoms with van der Waals surface area (Å²) in [7, 11) is 0. The first-order chi connectivity index (χ1) is 8.58. The lowest BCUT2D eigenvalue weighted by Crippen LogP contribution is -2.15. The Morgan fingerprint density at radius 3 is 2.89 bits per heavy atom. The molecule has 0 bridgehead atoms. The molecule has 0 aliphatic carbocycles. The molecule has 3 N–H and O–H groups in total. The van der Waals surface area contributed by atoms with Gasteiger partial charge in [0.05, 0.1) is 5.51 Å². The Labute approximate surface area is 114 Å². The molecule has 1 amide bonds. The molecule has 0 saturated heterocycles. The van der Waals surface area contributed by atoms with Crippen molar-refractivity contribution in [3.8, 4) is 0 Å². The molecular weight excluding hydrogens is 266 g/mol. The summed E-state index contributed by atoms with van der Waals surface area (Å²) >= 11 is 6.29. The van der Waals surface area contributed by atoms with Crippen LogP contribution < -0.4 is 11.1 Å². The van der Waals surface area contributed by atoms with Crippen molar-refractivity contribution < 1.29 is 4.79 Å². The first-order valence-corrected chi connectivity index (χ1v) is 6.53. The summed E-state index contributed by atoms with van der Waals surface area (Å²) in [5, 5.41) is 4.49. The zero-order chi connectivity index (χ0) is 13.1. The van der Waals surface area contributed by atoms with Crippen LogP contribution in [0.2, 0.25) is 0 Å². The maximum Gasteiger partial charge on any atom is 0.275 e. The van der Waals surface area contributed by atoms with E-state index < -0.39 is 0 Å². The van der Waals surface area contributed by atoms with Gasteiger partial charge >= 0.3 is 0 Å². The smallest absolute Gasteiger partial charge is 0.275 e. The third-order valence-corrected chi connectivity index (χ3v) is 3.26. The Morgan fingerprint density at radius 1 is 1.50 bits per heavy atom. The average Bonchev–Trinajstić information content (AvgIpc) is 2.85. The van der Waals surface area contributed by atoms with Crippen molar-refractivity contribution in [2.75, 3.05) is 5.32 Å². The molecule has 4 nitrogen and oxygen atoms in total. The molecule has 1 heterocycles. The minimum Gasteiger partial charge on any atom is -0.389 e. The fourth-order valence-electron chi connectivity index (χ4n) is 1.42. The van der Waals surface area contributed by atoms with E-state index in [-0.39, 0.29) is 5.91 Å². The summed E-state index contributed by atoms with van der Waals surface area (Å²) in [5.41, 5.74) is 9.95. The molecule has 0 spiro atoms. The summed E-state index contributed by atoms with van der Waals surface area (Å²) in [5.74, 6) is -0.237. The molecule has 0 aliphatic heterocycles. The maximum absolute atomic E-state index is 11.9. The normalized spacial score (nSPS) is 10.1. The third-order valence-electron chi connectivity index (χ3n) is 2.44. The highest BCUT2D eigenvalue weighted by atomic mass is 32.1. The van der Waals surface area contributed by atoms with Crippen molar-refractivity contribution in [2.24, 2.45) is 5.73 Å². The predicted octanol–water partition coefficient (Wildman–Crippen LogP) is 2.34. The number of rotatable bonds is 3. The van der Waals surface area contributed by atoms with E-state index in [1.54, 1.807) is 17.0 Å². The number of hydrogen-bond acceptors (Lipinski definition) is 4. The molecule has 92 valence electrons. The van der Waals surface area contributed by atoms with Crippen LogP contribution in [0.4, 0.5) is 5.69 Å². The van der Waals surface area contributed by atoms with Gasteiger partial charge in [0.25, 0.3) is 5.91 Å². The largest absolute Gasteiger partial charge is 0.389 e. The van der Waals surface area contributed by atoms with E-state index in [1.165, 1.54) is 11.3 Å². The molecule has 2 rings (SSSR count). The van der Waals surface area contributed by atoms with Crippen LogP contribution in [-0.2, 0) is 0 Å². The van der Waals surface area contributed by atoms with Gasteiger partial charge in [-0.25, -0.2) is 4.98 Å². The molecule has 0 radical (unpaired) electrons. The highest BCUT2D eigenvalue weighted by Gasteiger charge is 2.10.